The van der Waals surface area contributed by atoms with Gasteiger partial charge in [0.1, 0.15) is 0 Å². The predicted molar refractivity (Wildman–Crippen MR) is 0 cm³/mol. The maximum atomic E-state index is 0. The first-order valence-corrected chi connectivity index (χ1v) is 0. The molecule has 0 aliphatic rings. The van der Waals surface area contributed by atoms with E-state index in [9.17, 15) is 0 Å². The van der Waals surface area contributed by atoms with Crippen molar-refractivity contribution in [1.82, 2.24) is 0 Å². The van der Waals surface area contributed by atoms with Crippen LogP contribution in [-0.4, -0.2) is 0 Å². The second kappa shape index (κ2) is 163. The molecule has 0 amide bonds. The van der Waals surface area contributed by atoms with Crippen LogP contribution in [0.25, 0.3) is 0 Å². The van der Waals surface area contributed by atoms with E-state index in [4.69, 9.17) is 0 Å². The Kier molecular flexibility index (Phi) is 1650. The SMILES string of the molecule is [Os].[Os].[Os].[Os].[Os].[Os].[Os].[Os].[Os].[Os].[Os].[Os].[Os].[Os].[Os].[Os].[Os].[Os]. The molecule has 0 spiro atoms. The van der Waals surface area contributed by atoms with Crippen molar-refractivity contribution in [3.05, 3.63) is 0 Å². The molecule has 18 heavy (non-hydrogen) atoms. The van der Waals surface area contributed by atoms with Gasteiger partial charge in [-0.25, -0.2) is 0 Å². The summed E-state index contributed by atoms with van der Waals surface area (Å²) in [6, 6.07) is 0. The van der Waals surface area contributed by atoms with E-state index < -0.39 is 0 Å². The fourth-order valence-electron chi connectivity index (χ4n) is 0. The summed E-state index contributed by atoms with van der Waals surface area (Å²) in [6.45, 7) is 0. The minimum absolute atomic E-state index is 0. The number of hydrogen-bond donors (Lipinski definition) is 0. The summed E-state index contributed by atoms with van der Waals surface area (Å²) in [5.74, 6) is 0. The fraction of sp³-hybridized carbons (Fsp3) is 0. The summed E-state index contributed by atoms with van der Waals surface area (Å²) in [6.07, 6.45) is 0. The summed E-state index contributed by atoms with van der Waals surface area (Å²) in [5.41, 5.74) is 0. The molecule has 0 unspecified atom stereocenters. The molecule has 0 aliphatic heterocycles. The van der Waals surface area contributed by atoms with Gasteiger partial charge in [-0.05, 0) is 0 Å². The Morgan fingerprint density at radius 1 is 0.0556 bits per heavy atom. The largest absolute Gasteiger partial charge is 0 e. The van der Waals surface area contributed by atoms with Crippen molar-refractivity contribution in [2.24, 2.45) is 0 Å². The van der Waals surface area contributed by atoms with Gasteiger partial charge in [0.05, 0.1) is 0 Å². The minimum atomic E-state index is 0. The average molecular weight is 3420 g/mol. The predicted octanol–water partition coefficient (Wildman–Crippen LogP) is -0.0450. The molecular weight excluding hydrogens is 3420 g/mol. The van der Waals surface area contributed by atoms with E-state index in [0.29, 0.717) is 0 Å². The second-order valence-electron chi connectivity index (χ2n) is 0. The maximum Gasteiger partial charge on any atom is 0 e. The van der Waals surface area contributed by atoms with Crippen LogP contribution in [-0.2, 0) is 356 Å². The van der Waals surface area contributed by atoms with Crippen LogP contribution in [0, 0.1) is 0 Å². The van der Waals surface area contributed by atoms with Gasteiger partial charge in [0.2, 0.25) is 0 Å². The minimum Gasteiger partial charge on any atom is 0 e. The van der Waals surface area contributed by atoms with Crippen molar-refractivity contribution in [1.29, 1.82) is 0 Å². The topological polar surface area (TPSA) is 0 Å². The maximum absolute atomic E-state index is 0. The Morgan fingerprint density at radius 3 is 0.0556 bits per heavy atom. The van der Waals surface area contributed by atoms with Crippen LogP contribution in [0.2, 0.25) is 0 Å². The van der Waals surface area contributed by atoms with Gasteiger partial charge in [-0.3, -0.25) is 0 Å². The number of rotatable bonds is 0. The monoisotopic (exact) mass is 3460 g/mol. The zero-order valence-corrected chi connectivity index (χ0v) is 52.1. The molecule has 0 aromatic carbocycles. The Hall–Kier alpha value is 11.5. The molecule has 144 valence electrons. The first kappa shape index (κ1) is 182. The Balaban J connectivity index is 0. The van der Waals surface area contributed by atoms with Gasteiger partial charge in [-0.1, -0.05) is 0 Å². The van der Waals surface area contributed by atoms with Gasteiger partial charge in [0.25, 0.3) is 0 Å². The third-order valence-corrected chi connectivity index (χ3v) is 0. The molecule has 0 aliphatic carbocycles. The van der Waals surface area contributed by atoms with E-state index in [2.05, 4.69) is 0 Å². The quantitative estimate of drug-likeness (QED) is 0.320. The standard InChI is InChI=1S/18Os. The van der Waals surface area contributed by atoms with Crippen LogP contribution >= 0.6 is 0 Å². The molecule has 0 N–H and O–H groups in total. The summed E-state index contributed by atoms with van der Waals surface area (Å²) in [7, 11) is 0. The van der Waals surface area contributed by atoms with Crippen LogP contribution < -0.4 is 0 Å². The molecule has 0 nitrogen and oxygen atoms in total. The van der Waals surface area contributed by atoms with Crippen LogP contribution in [0.1, 0.15) is 0 Å². The number of hydrogen-bond acceptors (Lipinski definition) is 0. The second-order valence-corrected chi connectivity index (χ2v) is 0. The Labute approximate surface area is 347 Å². The van der Waals surface area contributed by atoms with Crippen molar-refractivity contribution < 1.29 is 356 Å². The molecule has 0 heterocycles. The van der Waals surface area contributed by atoms with Crippen molar-refractivity contribution >= 4 is 0 Å². The van der Waals surface area contributed by atoms with Gasteiger partial charge in [0, 0.05) is 356 Å². The van der Waals surface area contributed by atoms with E-state index in [-0.39, 0.29) is 356 Å². The van der Waals surface area contributed by atoms with Crippen LogP contribution in [0.15, 0.2) is 0 Å². The summed E-state index contributed by atoms with van der Waals surface area (Å²) < 4.78 is 0. The van der Waals surface area contributed by atoms with Gasteiger partial charge in [-0.15, -0.1) is 0 Å². The van der Waals surface area contributed by atoms with Gasteiger partial charge < -0.3 is 0 Å². The summed E-state index contributed by atoms with van der Waals surface area (Å²) in [5, 5.41) is 0. The van der Waals surface area contributed by atoms with Gasteiger partial charge in [0.15, 0.2) is 0 Å². The van der Waals surface area contributed by atoms with E-state index in [1.165, 1.54) is 0 Å². The molecule has 0 aromatic heterocycles. The van der Waals surface area contributed by atoms with Crippen LogP contribution in [0.5, 0.6) is 0 Å². The smallest absolute Gasteiger partial charge is 0 e. The summed E-state index contributed by atoms with van der Waals surface area (Å²) >= 11 is 0. The molecule has 18 heteroatoms. The van der Waals surface area contributed by atoms with Crippen molar-refractivity contribution in [3.8, 4) is 0 Å². The fourth-order valence-corrected chi connectivity index (χ4v) is 0. The third kappa shape index (κ3) is 146. The molecule has 0 aromatic rings. The van der Waals surface area contributed by atoms with E-state index in [1.807, 2.05) is 0 Å². The zero-order valence-electron chi connectivity index (χ0n) is 6.36. The van der Waals surface area contributed by atoms with Crippen molar-refractivity contribution in [2.75, 3.05) is 0 Å². The molecule has 0 radical (unpaired) electrons. The average Bonchev–Trinajstić information content (AvgIpc) is 0. The molecule has 0 fully saturated rings. The third-order valence-electron chi connectivity index (χ3n) is 0. The molecule has 0 rings (SSSR count). The van der Waals surface area contributed by atoms with Crippen molar-refractivity contribution in [3.63, 3.8) is 0 Å². The van der Waals surface area contributed by atoms with Crippen molar-refractivity contribution in [2.45, 2.75) is 0 Å². The van der Waals surface area contributed by atoms with E-state index in [0.717, 1.165) is 0 Å². The molecule has 0 saturated heterocycles. The van der Waals surface area contributed by atoms with Crippen LogP contribution in [0.3, 0.4) is 0 Å². The van der Waals surface area contributed by atoms with Crippen LogP contribution in [0.4, 0.5) is 0 Å². The van der Waals surface area contributed by atoms with Gasteiger partial charge in [-0.2, -0.15) is 0 Å². The Morgan fingerprint density at radius 2 is 0.0556 bits per heavy atom. The first-order valence-electron chi connectivity index (χ1n) is 0. The molecule has 0 saturated carbocycles. The van der Waals surface area contributed by atoms with E-state index in [1.54, 1.807) is 0 Å². The molecule has 0 atom stereocenters. The first-order chi connectivity index (χ1) is 0. The van der Waals surface area contributed by atoms with E-state index >= 15 is 0 Å². The van der Waals surface area contributed by atoms with Gasteiger partial charge >= 0.3 is 0 Å². The summed E-state index contributed by atoms with van der Waals surface area (Å²) in [4.78, 5) is 0. The zero-order chi connectivity index (χ0) is 0. The molecule has 0 bridgehead atoms. The molecular formula is Os18. The Bertz CT molecular complexity index is 0. The normalized spacial score (nSPS) is 0.